The summed E-state index contributed by atoms with van der Waals surface area (Å²) >= 11 is 0. The molecule has 0 aromatic carbocycles. The van der Waals surface area contributed by atoms with Crippen LogP contribution >= 0.6 is 0 Å². The van der Waals surface area contributed by atoms with E-state index in [9.17, 15) is 4.79 Å². The van der Waals surface area contributed by atoms with Crippen LogP contribution in [0.5, 0.6) is 0 Å². The lowest BCUT2D eigenvalue weighted by atomic mass is 9.94. The number of carbonyl (C=O) groups excluding carboxylic acids is 1. The maximum absolute atomic E-state index is 12.5. The molecule has 5 nitrogen and oxygen atoms in total. The normalized spacial score (nSPS) is 32.8. The molecule has 3 rings (SSSR count). The maximum atomic E-state index is 12.5. The molecule has 1 saturated carbocycles. The van der Waals surface area contributed by atoms with Gasteiger partial charge in [-0.15, -0.1) is 0 Å². The molecule has 3 aliphatic rings. The fourth-order valence-corrected chi connectivity index (χ4v) is 4.90. The standard InChI is InChI=1S/C20H37N3O2/c1-16-13-22(14-17(2)25-16)11-6-10-21-20(24)18-9-12-23(15-18)19-7-4-3-5-8-19/h16-19H,3-15H2,1-2H3,(H,21,24)/t16-,17+,18-/m1/s1. The third-order valence-corrected chi connectivity index (χ3v) is 6.13. The van der Waals surface area contributed by atoms with Crippen LogP contribution in [0.1, 0.15) is 58.8 Å². The van der Waals surface area contributed by atoms with Crippen LogP contribution in [0.25, 0.3) is 0 Å². The van der Waals surface area contributed by atoms with Crippen molar-refractivity contribution < 1.29 is 9.53 Å². The van der Waals surface area contributed by atoms with E-state index in [1.165, 1.54) is 32.1 Å². The Balaban J connectivity index is 1.30. The van der Waals surface area contributed by atoms with Gasteiger partial charge in [-0.3, -0.25) is 14.6 Å². The first-order valence-electron chi connectivity index (χ1n) is 10.5. The van der Waals surface area contributed by atoms with Crippen LogP contribution < -0.4 is 5.32 Å². The summed E-state index contributed by atoms with van der Waals surface area (Å²) in [5.74, 6) is 0.493. The molecule has 2 aliphatic heterocycles. The molecule has 2 heterocycles. The lowest BCUT2D eigenvalue weighted by Crippen LogP contribution is -2.46. The summed E-state index contributed by atoms with van der Waals surface area (Å²) < 4.78 is 5.77. The Morgan fingerprint density at radius 1 is 1.04 bits per heavy atom. The van der Waals surface area contributed by atoms with Crippen LogP contribution in [0.3, 0.4) is 0 Å². The van der Waals surface area contributed by atoms with Crippen molar-refractivity contribution in [3.63, 3.8) is 0 Å². The highest BCUT2D eigenvalue weighted by molar-refractivity contribution is 5.79. The van der Waals surface area contributed by atoms with Gasteiger partial charge in [-0.1, -0.05) is 19.3 Å². The molecule has 0 bridgehead atoms. The van der Waals surface area contributed by atoms with Crippen molar-refractivity contribution in [2.75, 3.05) is 39.3 Å². The fraction of sp³-hybridized carbons (Fsp3) is 0.950. The predicted molar refractivity (Wildman–Crippen MR) is 101 cm³/mol. The zero-order valence-corrected chi connectivity index (χ0v) is 16.2. The Morgan fingerprint density at radius 2 is 1.76 bits per heavy atom. The molecule has 0 spiro atoms. The third kappa shape index (κ3) is 5.66. The minimum Gasteiger partial charge on any atom is -0.373 e. The van der Waals surface area contributed by atoms with Crippen LogP contribution in [0.15, 0.2) is 0 Å². The molecule has 3 fully saturated rings. The molecule has 0 radical (unpaired) electrons. The number of rotatable bonds is 6. The zero-order valence-electron chi connectivity index (χ0n) is 16.2. The number of nitrogens with one attached hydrogen (secondary N) is 1. The van der Waals surface area contributed by atoms with Crippen molar-refractivity contribution in [3.05, 3.63) is 0 Å². The van der Waals surface area contributed by atoms with Gasteiger partial charge in [0.05, 0.1) is 18.1 Å². The van der Waals surface area contributed by atoms with Gasteiger partial charge in [0.2, 0.25) is 5.91 Å². The second kappa shape index (κ2) is 9.33. The van der Waals surface area contributed by atoms with Gasteiger partial charge in [0.1, 0.15) is 0 Å². The van der Waals surface area contributed by atoms with Crippen molar-refractivity contribution >= 4 is 5.91 Å². The second-order valence-electron chi connectivity index (χ2n) is 8.43. The van der Waals surface area contributed by atoms with E-state index in [1.54, 1.807) is 0 Å². The Bertz CT molecular complexity index is 415. The molecule has 1 aliphatic carbocycles. The first-order chi connectivity index (χ1) is 12.1. The van der Waals surface area contributed by atoms with Crippen LogP contribution in [-0.4, -0.2) is 73.2 Å². The first-order valence-corrected chi connectivity index (χ1v) is 10.5. The highest BCUT2D eigenvalue weighted by Gasteiger charge is 2.32. The number of nitrogens with zero attached hydrogens (tertiary/aromatic N) is 2. The minimum atomic E-state index is 0.213. The van der Waals surface area contributed by atoms with E-state index in [0.29, 0.717) is 12.2 Å². The van der Waals surface area contributed by atoms with Gasteiger partial charge in [-0.05, 0) is 46.1 Å². The molecule has 144 valence electrons. The van der Waals surface area contributed by atoms with Crippen molar-refractivity contribution in [2.24, 2.45) is 5.92 Å². The number of ether oxygens (including phenoxy) is 1. The lowest BCUT2D eigenvalue weighted by Gasteiger charge is -2.35. The van der Waals surface area contributed by atoms with Gasteiger partial charge >= 0.3 is 0 Å². The minimum absolute atomic E-state index is 0.213. The lowest BCUT2D eigenvalue weighted by molar-refractivity contribution is -0.124. The average molecular weight is 352 g/mol. The van der Waals surface area contributed by atoms with E-state index in [2.05, 4.69) is 29.0 Å². The van der Waals surface area contributed by atoms with Crippen molar-refractivity contribution in [1.29, 1.82) is 0 Å². The van der Waals surface area contributed by atoms with Crippen molar-refractivity contribution in [3.8, 4) is 0 Å². The monoisotopic (exact) mass is 351 g/mol. The Hall–Kier alpha value is -0.650. The zero-order chi connectivity index (χ0) is 17.6. The summed E-state index contributed by atoms with van der Waals surface area (Å²) in [6.07, 6.45) is 9.54. The summed E-state index contributed by atoms with van der Waals surface area (Å²) in [5.41, 5.74) is 0. The second-order valence-corrected chi connectivity index (χ2v) is 8.43. The van der Waals surface area contributed by atoms with Crippen molar-refractivity contribution in [2.45, 2.75) is 77.0 Å². The maximum Gasteiger partial charge on any atom is 0.224 e. The van der Waals surface area contributed by atoms with E-state index >= 15 is 0 Å². The molecular weight excluding hydrogens is 314 g/mol. The smallest absolute Gasteiger partial charge is 0.224 e. The molecule has 0 aromatic heterocycles. The number of carbonyl (C=O) groups is 1. The molecular formula is C20H37N3O2. The average Bonchev–Trinajstić information content (AvgIpc) is 3.09. The Kier molecular flexibility index (Phi) is 7.14. The largest absolute Gasteiger partial charge is 0.373 e. The first kappa shape index (κ1) is 19.1. The number of morpholine rings is 1. The van der Waals surface area contributed by atoms with Gasteiger partial charge in [0.15, 0.2) is 0 Å². The summed E-state index contributed by atoms with van der Waals surface area (Å²) in [5, 5.41) is 3.19. The van der Waals surface area contributed by atoms with Crippen molar-refractivity contribution in [1.82, 2.24) is 15.1 Å². The van der Waals surface area contributed by atoms with Crippen LogP contribution in [0, 0.1) is 5.92 Å². The van der Waals surface area contributed by atoms with E-state index in [1.807, 2.05) is 0 Å². The van der Waals surface area contributed by atoms with E-state index in [4.69, 9.17) is 4.74 Å². The van der Waals surface area contributed by atoms with Crippen LogP contribution in [-0.2, 0) is 9.53 Å². The van der Waals surface area contributed by atoms with Crippen LogP contribution in [0.4, 0.5) is 0 Å². The molecule has 25 heavy (non-hydrogen) atoms. The summed E-state index contributed by atoms with van der Waals surface area (Å²) in [4.78, 5) is 17.5. The fourth-order valence-electron chi connectivity index (χ4n) is 4.90. The highest BCUT2D eigenvalue weighted by Crippen LogP contribution is 2.27. The summed E-state index contributed by atoms with van der Waals surface area (Å²) in [7, 11) is 0. The molecule has 2 saturated heterocycles. The van der Waals surface area contributed by atoms with Gasteiger partial charge in [-0.25, -0.2) is 0 Å². The van der Waals surface area contributed by atoms with Gasteiger partial charge in [-0.2, -0.15) is 0 Å². The SMILES string of the molecule is C[C@@H]1CN(CCCNC(=O)[C@@H]2CCN(C3CCCCC3)C2)C[C@H](C)O1. The summed E-state index contributed by atoms with van der Waals surface area (Å²) in [6, 6.07) is 0.747. The molecule has 5 heteroatoms. The van der Waals surface area contributed by atoms with E-state index in [-0.39, 0.29) is 11.8 Å². The number of hydrogen-bond acceptors (Lipinski definition) is 4. The third-order valence-electron chi connectivity index (χ3n) is 6.13. The molecule has 1 amide bonds. The topological polar surface area (TPSA) is 44.8 Å². The number of amides is 1. The Labute approximate surface area is 153 Å². The molecule has 1 N–H and O–H groups in total. The van der Waals surface area contributed by atoms with Gasteiger partial charge in [0.25, 0.3) is 0 Å². The van der Waals surface area contributed by atoms with Crippen LogP contribution in [0.2, 0.25) is 0 Å². The number of hydrogen-bond donors (Lipinski definition) is 1. The van der Waals surface area contributed by atoms with E-state index in [0.717, 1.165) is 58.2 Å². The van der Waals surface area contributed by atoms with Gasteiger partial charge < -0.3 is 10.1 Å². The molecule has 0 aromatic rings. The van der Waals surface area contributed by atoms with E-state index < -0.39 is 0 Å². The highest BCUT2D eigenvalue weighted by atomic mass is 16.5. The summed E-state index contributed by atoms with van der Waals surface area (Å²) in [6.45, 7) is 10.3. The number of likely N-dealkylation sites (tertiary alicyclic amines) is 1. The Morgan fingerprint density at radius 3 is 2.48 bits per heavy atom. The quantitative estimate of drug-likeness (QED) is 0.746. The molecule has 3 atom stereocenters. The van der Waals surface area contributed by atoms with Gasteiger partial charge in [0, 0.05) is 38.8 Å². The molecule has 0 unspecified atom stereocenters. The predicted octanol–water partition coefficient (Wildman–Crippen LogP) is 2.26.